The van der Waals surface area contributed by atoms with E-state index in [2.05, 4.69) is 27.3 Å². The third-order valence-corrected chi connectivity index (χ3v) is 5.21. The number of carbonyl (C=O) groups is 1. The first-order chi connectivity index (χ1) is 14.0. The van der Waals surface area contributed by atoms with Gasteiger partial charge in [0.15, 0.2) is 0 Å². The van der Waals surface area contributed by atoms with Crippen molar-refractivity contribution >= 4 is 27.7 Å². The van der Waals surface area contributed by atoms with Gasteiger partial charge in [0.05, 0.1) is 16.4 Å². The maximum Gasteiger partial charge on any atom is 0.267 e. The average molecular weight is 388 g/mol. The average Bonchev–Trinajstić information content (AvgIpc) is 3.07. The number of carbonyl (C=O) groups excluding carboxylic acids is 1. The molecule has 0 atom stereocenters. The van der Waals surface area contributed by atoms with Gasteiger partial charge in [0.25, 0.3) is 11.5 Å². The number of pyridine rings is 1. The van der Waals surface area contributed by atoms with Gasteiger partial charge in [-0.15, -0.1) is 0 Å². The number of hydrogen-bond acceptors (Lipinski definition) is 3. The van der Waals surface area contributed by atoms with Crippen LogP contribution in [-0.2, 0) is 13.6 Å². The number of fused-ring (bicyclic) bond motifs is 3. The molecule has 0 aliphatic carbocycles. The van der Waals surface area contributed by atoms with Gasteiger partial charge in [-0.2, -0.15) is 0 Å². The van der Waals surface area contributed by atoms with E-state index in [0.29, 0.717) is 17.6 Å². The number of benzene rings is 2. The van der Waals surface area contributed by atoms with Crippen molar-refractivity contribution < 1.29 is 4.79 Å². The zero-order valence-electron chi connectivity index (χ0n) is 16.6. The summed E-state index contributed by atoms with van der Waals surface area (Å²) in [5.41, 5.74) is 3.07. The van der Waals surface area contributed by atoms with Crippen LogP contribution in [0.2, 0.25) is 0 Å². The van der Waals surface area contributed by atoms with Crippen molar-refractivity contribution in [3.63, 3.8) is 0 Å². The summed E-state index contributed by atoms with van der Waals surface area (Å²) in [4.78, 5) is 30.3. The minimum absolute atomic E-state index is 0.180. The van der Waals surface area contributed by atoms with Gasteiger partial charge < -0.3 is 19.8 Å². The van der Waals surface area contributed by atoms with E-state index in [1.165, 1.54) is 5.56 Å². The van der Waals surface area contributed by atoms with Gasteiger partial charge in [-0.1, -0.05) is 48.5 Å². The van der Waals surface area contributed by atoms with E-state index < -0.39 is 0 Å². The molecule has 29 heavy (non-hydrogen) atoms. The van der Waals surface area contributed by atoms with Crippen molar-refractivity contribution in [1.29, 1.82) is 0 Å². The largest absolute Gasteiger partial charge is 0.349 e. The van der Waals surface area contributed by atoms with Crippen molar-refractivity contribution in [2.24, 2.45) is 7.05 Å². The summed E-state index contributed by atoms with van der Waals surface area (Å²) in [7, 11) is 3.85. The van der Waals surface area contributed by atoms with Crippen molar-refractivity contribution in [3.8, 4) is 0 Å². The van der Waals surface area contributed by atoms with E-state index in [1.54, 1.807) is 10.6 Å². The van der Waals surface area contributed by atoms with E-state index in [-0.39, 0.29) is 11.5 Å². The highest BCUT2D eigenvalue weighted by molar-refractivity contribution is 6.07. The number of hydrogen-bond donors (Lipinski definition) is 2. The molecule has 0 unspecified atom stereocenters. The van der Waals surface area contributed by atoms with Crippen LogP contribution in [0, 0.1) is 0 Å². The van der Waals surface area contributed by atoms with Crippen LogP contribution >= 0.6 is 0 Å². The first-order valence-electron chi connectivity index (χ1n) is 9.65. The summed E-state index contributed by atoms with van der Waals surface area (Å²) in [6.45, 7) is 2.08. The standard InChI is InChI=1S/C23H24N4O2/c1-26(15-16-8-4-3-5-9-16)13-12-24-23(29)20-14-18-21(27(20)2)17-10-6-7-11-19(17)25-22(18)28/h3-11,14H,12-13,15H2,1-2H3,(H,24,29)(H,25,28). The van der Waals surface area contributed by atoms with Crippen LogP contribution in [-0.4, -0.2) is 40.5 Å². The summed E-state index contributed by atoms with van der Waals surface area (Å²) >= 11 is 0. The van der Waals surface area contributed by atoms with Crippen LogP contribution in [0.25, 0.3) is 21.8 Å². The van der Waals surface area contributed by atoms with Crippen LogP contribution in [0.1, 0.15) is 16.1 Å². The molecule has 2 aromatic carbocycles. The first-order valence-corrected chi connectivity index (χ1v) is 9.65. The number of nitrogens with one attached hydrogen (secondary N) is 2. The molecule has 6 heteroatoms. The smallest absolute Gasteiger partial charge is 0.267 e. The first kappa shape index (κ1) is 19.0. The number of para-hydroxylation sites is 1. The Morgan fingerprint density at radius 1 is 1.07 bits per heavy atom. The molecular formula is C23H24N4O2. The summed E-state index contributed by atoms with van der Waals surface area (Å²) in [5, 5.41) is 4.42. The Morgan fingerprint density at radius 3 is 2.59 bits per heavy atom. The lowest BCUT2D eigenvalue weighted by atomic mass is 10.1. The highest BCUT2D eigenvalue weighted by atomic mass is 16.2. The lowest BCUT2D eigenvalue weighted by Gasteiger charge is -2.17. The predicted molar refractivity (Wildman–Crippen MR) is 116 cm³/mol. The van der Waals surface area contributed by atoms with E-state index in [1.807, 2.05) is 56.6 Å². The van der Waals surface area contributed by atoms with Gasteiger partial charge in [-0.05, 0) is 24.7 Å². The number of H-pyrrole nitrogens is 1. The Balaban J connectivity index is 1.49. The molecule has 0 saturated carbocycles. The van der Waals surface area contributed by atoms with Gasteiger partial charge in [-0.25, -0.2) is 0 Å². The van der Waals surface area contributed by atoms with Crippen LogP contribution in [0.3, 0.4) is 0 Å². The number of likely N-dealkylation sites (N-methyl/N-ethyl adjacent to an activating group) is 1. The van der Waals surface area contributed by atoms with Gasteiger partial charge >= 0.3 is 0 Å². The Bertz CT molecular complexity index is 1220. The molecule has 1 amide bonds. The highest BCUT2D eigenvalue weighted by Crippen LogP contribution is 2.23. The molecule has 4 aromatic rings. The molecule has 2 N–H and O–H groups in total. The zero-order valence-corrected chi connectivity index (χ0v) is 16.6. The quantitative estimate of drug-likeness (QED) is 0.534. The number of amides is 1. The fourth-order valence-corrected chi connectivity index (χ4v) is 3.73. The Hall–Kier alpha value is -3.38. The second kappa shape index (κ2) is 7.93. The number of aromatic nitrogens is 2. The number of nitrogens with zero attached hydrogens (tertiary/aromatic N) is 2. The van der Waals surface area contributed by atoms with Crippen LogP contribution < -0.4 is 10.9 Å². The van der Waals surface area contributed by atoms with Crippen LogP contribution in [0.15, 0.2) is 65.5 Å². The molecule has 4 rings (SSSR count). The minimum Gasteiger partial charge on any atom is -0.349 e. The number of aromatic amines is 1. The lowest BCUT2D eigenvalue weighted by Crippen LogP contribution is -2.33. The molecule has 0 saturated heterocycles. The molecule has 6 nitrogen and oxygen atoms in total. The molecule has 0 radical (unpaired) electrons. The summed E-state index contributed by atoms with van der Waals surface area (Å²) in [6, 6.07) is 19.5. The fourth-order valence-electron chi connectivity index (χ4n) is 3.73. The second-order valence-electron chi connectivity index (χ2n) is 7.33. The monoisotopic (exact) mass is 388 g/mol. The third-order valence-electron chi connectivity index (χ3n) is 5.21. The van der Waals surface area contributed by atoms with E-state index in [9.17, 15) is 9.59 Å². The second-order valence-corrected chi connectivity index (χ2v) is 7.33. The Morgan fingerprint density at radius 2 is 1.79 bits per heavy atom. The van der Waals surface area contributed by atoms with Gasteiger partial charge in [0.2, 0.25) is 0 Å². The maximum absolute atomic E-state index is 12.8. The zero-order chi connectivity index (χ0) is 20.4. The lowest BCUT2D eigenvalue weighted by molar-refractivity contribution is 0.0942. The molecule has 0 aliphatic rings. The Kier molecular flexibility index (Phi) is 5.18. The van der Waals surface area contributed by atoms with Crippen LogP contribution in [0.4, 0.5) is 0 Å². The van der Waals surface area contributed by atoms with E-state index >= 15 is 0 Å². The van der Waals surface area contributed by atoms with Crippen molar-refractivity contribution in [3.05, 3.63) is 82.3 Å². The van der Waals surface area contributed by atoms with Crippen molar-refractivity contribution in [1.82, 2.24) is 19.8 Å². The topological polar surface area (TPSA) is 70.1 Å². The SMILES string of the molecule is CN(CCNC(=O)c1cc2c(=O)[nH]c3ccccc3c2n1C)Cc1ccccc1. The van der Waals surface area contributed by atoms with Gasteiger partial charge in [0, 0.05) is 32.1 Å². The van der Waals surface area contributed by atoms with Crippen molar-refractivity contribution in [2.45, 2.75) is 6.54 Å². The summed E-state index contributed by atoms with van der Waals surface area (Å²) in [5.74, 6) is -0.180. The molecule has 2 aromatic heterocycles. The number of aryl methyl sites for hydroxylation is 1. The number of rotatable bonds is 6. The highest BCUT2D eigenvalue weighted by Gasteiger charge is 2.17. The normalized spacial score (nSPS) is 11.4. The molecule has 0 aliphatic heterocycles. The molecular weight excluding hydrogens is 364 g/mol. The van der Waals surface area contributed by atoms with E-state index in [4.69, 9.17) is 0 Å². The summed E-state index contributed by atoms with van der Waals surface area (Å²) < 4.78 is 1.80. The Labute approximate surface area is 168 Å². The van der Waals surface area contributed by atoms with Gasteiger partial charge in [0.1, 0.15) is 5.69 Å². The molecule has 0 spiro atoms. The molecule has 2 heterocycles. The summed E-state index contributed by atoms with van der Waals surface area (Å²) in [6.07, 6.45) is 0. The van der Waals surface area contributed by atoms with E-state index in [0.717, 1.165) is 29.5 Å². The maximum atomic E-state index is 12.8. The molecule has 0 bridgehead atoms. The molecule has 0 fully saturated rings. The molecule has 148 valence electrons. The third kappa shape index (κ3) is 3.79. The van der Waals surface area contributed by atoms with Crippen molar-refractivity contribution in [2.75, 3.05) is 20.1 Å². The predicted octanol–water partition coefficient (Wildman–Crippen LogP) is 2.88. The fraction of sp³-hybridized carbons (Fsp3) is 0.217. The van der Waals surface area contributed by atoms with Crippen LogP contribution in [0.5, 0.6) is 0 Å². The minimum atomic E-state index is -0.184. The van der Waals surface area contributed by atoms with Gasteiger partial charge in [-0.3, -0.25) is 9.59 Å².